The first kappa shape index (κ1) is 14.5. The smallest absolute Gasteiger partial charge is 0.0328 e. The SMILES string of the molecule is Cc1c(C)c(C)c([C@@H](N)C2CC2)c(C)c1C.Cl. The van der Waals surface area contributed by atoms with Crippen molar-refractivity contribution < 1.29 is 0 Å². The summed E-state index contributed by atoms with van der Waals surface area (Å²) < 4.78 is 0. The van der Waals surface area contributed by atoms with E-state index in [2.05, 4.69) is 34.6 Å². The van der Waals surface area contributed by atoms with Crippen LogP contribution in [0.3, 0.4) is 0 Å². The van der Waals surface area contributed by atoms with Crippen molar-refractivity contribution in [3.8, 4) is 0 Å². The van der Waals surface area contributed by atoms with E-state index in [1.54, 1.807) is 0 Å². The molecule has 1 aromatic carbocycles. The van der Waals surface area contributed by atoms with Gasteiger partial charge in [0, 0.05) is 6.04 Å². The van der Waals surface area contributed by atoms with E-state index < -0.39 is 0 Å². The predicted octanol–water partition coefficient (Wildman–Crippen LogP) is 4.06. The topological polar surface area (TPSA) is 26.0 Å². The second kappa shape index (κ2) is 4.99. The molecule has 2 heteroatoms. The molecule has 2 rings (SSSR count). The van der Waals surface area contributed by atoms with E-state index in [9.17, 15) is 0 Å². The highest BCUT2D eigenvalue weighted by molar-refractivity contribution is 5.85. The third-order valence-corrected chi connectivity index (χ3v) is 4.52. The van der Waals surface area contributed by atoms with Gasteiger partial charge < -0.3 is 5.73 Å². The highest BCUT2D eigenvalue weighted by Gasteiger charge is 2.32. The first-order valence-corrected chi connectivity index (χ1v) is 6.27. The standard InChI is InChI=1S/C15H23N.ClH/c1-8-9(2)11(4)14(12(5)10(8)3)15(16)13-6-7-13;/h13,15H,6-7,16H2,1-5H3;1H/t15-;/m0./s1. The summed E-state index contributed by atoms with van der Waals surface area (Å²) >= 11 is 0. The van der Waals surface area contributed by atoms with Crippen molar-refractivity contribution >= 4 is 12.4 Å². The van der Waals surface area contributed by atoms with Crippen molar-refractivity contribution in [2.24, 2.45) is 11.7 Å². The van der Waals surface area contributed by atoms with Gasteiger partial charge in [-0.15, -0.1) is 12.4 Å². The maximum atomic E-state index is 6.39. The first-order valence-electron chi connectivity index (χ1n) is 6.27. The molecule has 1 atom stereocenters. The Balaban J connectivity index is 0.00000144. The van der Waals surface area contributed by atoms with Crippen LogP contribution >= 0.6 is 12.4 Å². The minimum atomic E-state index is 0. The van der Waals surface area contributed by atoms with Crippen molar-refractivity contribution in [1.29, 1.82) is 0 Å². The minimum absolute atomic E-state index is 0. The second-order valence-corrected chi connectivity index (χ2v) is 5.40. The number of halogens is 1. The average molecular weight is 254 g/mol. The molecule has 1 aromatic rings. The van der Waals surface area contributed by atoms with Gasteiger partial charge in [0.05, 0.1) is 0 Å². The lowest BCUT2D eigenvalue weighted by molar-refractivity contribution is 0.624. The third kappa shape index (κ3) is 2.36. The predicted molar refractivity (Wildman–Crippen MR) is 77.0 cm³/mol. The molecule has 1 fully saturated rings. The summed E-state index contributed by atoms with van der Waals surface area (Å²) in [6, 6.07) is 0.262. The van der Waals surface area contributed by atoms with Crippen LogP contribution in [0.4, 0.5) is 0 Å². The molecular formula is C15H24ClN. The van der Waals surface area contributed by atoms with Gasteiger partial charge in [0.1, 0.15) is 0 Å². The van der Waals surface area contributed by atoms with E-state index in [4.69, 9.17) is 5.73 Å². The zero-order valence-corrected chi connectivity index (χ0v) is 12.4. The Morgan fingerprint density at radius 2 is 1.18 bits per heavy atom. The van der Waals surface area contributed by atoms with Crippen molar-refractivity contribution in [2.75, 3.05) is 0 Å². The van der Waals surface area contributed by atoms with Crippen LogP contribution in [0.1, 0.15) is 52.3 Å². The van der Waals surface area contributed by atoms with E-state index >= 15 is 0 Å². The number of benzene rings is 1. The van der Waals surface area contributed by atoms with E-state index in [0.29, 0.717) is 0 Å². The largest absolute Gasteiger partial charge is 0.324 e. The number of hydrogen-bond donors (Lipinski definition) is 1. The molecule has 0 aliphatic heterocycles. The van der Waals surface area contributed by atoms with Crippen LogP contribution in [0.15, 0.2) is 0 Å². The lowest BCUT2D eigenvalue weighted by Gasteiger charge is -2.23. The molecule has 1 saturated carbocycles. The second-order valence-electron chi connectivity index (χ2n) is 5.40. The summed E-state index contributed by atoms with van der Waals surface area (Å²) in [5.74, 6) is 0.735. The molecule has 2 N–H and O–H groups in total. The Morgan fingerprint density at radius 1 is 0.824 bits per heavy atom. The quantitative estimate of drug-likeness (QED) is 0.845. The van der Waals surface area contributed by atoms with Crippen LogP contribution in [-0.2, 0) is 0 Å². The summed E-state index contributed by atoms with van der Waals surface area (Å²) in [7, 11) is 0. The molecule has 0 aromatic heterocycles. The maximum Gasteiger partial charge on any atom is 0.0328 e. The van der Waals surface area contributed by atoms with Crippen molar-refractivity contribution in [3.05, 3.63) is 33.4 Å². The number of hydrogen-bond acceptors (Lipinski definition) is 1. The molecule has 0 heterocycles. The van der Waals surface area contributed by atoms with E-state index in [1.165, 1.54) is 46.2 Å². The van der Waals surface area contributed by atoms with Crippen LogP contribution < -0.4 is 5.73 Å². The normalized spacial score (nSPS) is 16.6. The summed E-state index contributed by atoms with van der Waals surface area (Å²) in [5.41, 5.74) is 14.9. The molecule has 0 radical (unpaired) electrons. The Morgan fingerprint density at radius 3 is 1.53 bits per heavy atom. The van der Waals surface area contributed by atoms with Gasteiger partial charge >= 0.3 is 0 Å². The molecule has 0 unspecified atom stereocenters. The van der Waals surface area contributed by atoms with Crippen LogP contribution in [0.5, 0.6) is 0 Å². The Labute approximate surface area is 111 Å². The van der Waals surface area contributed by atoms with E-state index in [-0.39, 0.29) is 18.4 Å². The fourth-order valence-electron chi connectivity index (χ4n) is 2.72. The van der Waals surface area contributed by atoms with Crippen molar-refractivity contribution in [1.82, 2.24) is 0 Å². The fraction of sp³-hybridized carbons (Fsp3) is 0.600. The number of rotatable bonds is 2. The molecule has 96 valence electrons. The van der Waals surface area contributed by atoms with Gasteiger partial charge in [-0.2, -0.15) is 0 Å². The number of nitrogens with two attached hydrogens (primary N) is 1. The van der Waals surface area contributed by atoms with Gasteiger partial charge in [-0.25, -0.2) is 0 Å². The Bertz CT molecular complexity index is 404. The molecule has 0 bridgehead atoms. The Kier molecular flexibility index (Phi) is 4.27. The summed E-state index contributed by atoms with van der Waals surface area (Å²) in [6.45, 7) is 11.1. The molecule has 0 spiro atoms. The summed E-state index contributed by atoms with van der Waals surface area (Å²) in [6.07, 6.45) is 2.62. The van der Waals surface area contributed by atoms with Crippen LogP contribution in [0.25, 0.3) is 0 Å². The molecule has 1 nitrogen and oxygen atoms in total. The molecular weight excluding hydrogens is 230 g/mol. The molecule has 17 heavy (non-hydrogen) atoms. The minimum Gasteiger partial charge on any atom is -0.324 e. The van der Waals surface area contributed by atoms with E-state index in [0.717, 1.165) is 5.92 Å². The molecule has 0 amide bonds. The molecule has 1 aliphatic carbocycles. The zero-order valence-electron chi connectivity index (χ0n) is 11.6. The average Bonchev–Trinajstić information content (AvgIpc) is 3.07. The van der Waals surface area contributed by atoms with Gasteiger partial charge in [-0.05, 0) is 86.8 Å². The van der Waals surface area contributed by atoms with Crippen LogP contribution in [0.2, 0.25) is 0 Å². The van der Waals surface area contributed by atoms with Crippen molar-refractivity contribution in [3.63, 3.8) is 0 Å². The third-order valence-electron chi connectivity index (χ3n) is 4.52. The van der Waals surface area contributed by atoms with Gasteiger partial charge in [0.15, 0.2) is 0 Å². The van der Waals surface area contributed by atoms with Crippen LogP contribution in [-0.4, -0.2) is 0 Å². The molecule has 0 saturated heterocycles. The van der Waals surface area contributed by atoms with Crippen molar-refractivity contribution in [2.45, 2.75) is 53.5 Å². The van der Waals surface area contributed by atoms with E-state index in [1.807, 2.05) is 0 Å². The molecule has 1 aliphatic rings. The van der Waals surface area contributed by atoms with Gasteiger partial charge in [0.25, 0.3) is 0 Å². The zero-order chi connectivity index (χ0) is 12.0. The Hall–Kier alpha value is -0.530. The fourth-order valence-corrected chi connectivity index (χ4v) is 2.72. The van der Waals surface area contributed by atoms with Gasteiger partial charge in [0.2, 0.25) is 0 Å². The van der Waals surface area contributed by atoms with Gasteiger partial charge in [-0.1, -0.05) is 0 Å². The summed E-state index contributed by atoms with van der Waals surface area (Å²) in [4.78, 5) is 0. The monoisotopic (exact) mass is 253 g/mol. The highest BCUT2D eigenvalue weighted by atomic mass is 35.5. The van der Waals surface area contributed by atoms with Gasteiger partial charge in [-0.3, -0.25) is 0 Å². The first-order chi connectivity index (χ1) is 7.45. The maximum absolute atomic E-state index is 6.39. The lowest BCUT2D eigenvalue weighted by Crippen LogP contribution is -2.17. The summed E-state index contributed by atoms with van der Waals surface area (Å²) in [5, 5.41) is 0. The highest BCUT2D eigenvalue weighted by Crippen LogP contribution is 2.42. The van der Waals surface area contributed by atoms with Crippen LogP contribution in [0, 0.1) is 40.5 Å². The lowest BCUT2D eigenvalue weighted by atomic mass is 9.85.